The summed E-state index contributed by atoms with van der Waals surface area (Å²) >= 11 is 0. The highest BCUT2D eigenvalue weighted by Crippen LogP contribution is 2.46. The maximum absolute atomic E-state index is 12.6. The van der Waals surface area contributed by atoms with Crippen LogP contribution >= 0.6 is 0 Å². The molecule has 1 aromatic rings. The summed E-state index contributed by atoms with van der Waals surface area (Å²) in [4.78, 5) is 26.0. The number of carbonyl (C=O) groups excluding carboxylic acids is 2. The predicted octanol–water partition coefficient (Wildman–Crippen LogP) is 0.211. The predicted molar refractivity (Wildman–Crippen MR) is 68.2 cm³/mol. The Morgan fingerprint density at radius 3 is 2.60 bits per heavy atom. The lowest BCUT2D eigenvalue weighted by Crippen LogP contribution is -2.45. The van der Waals surface area contributed by atoms with Crippen molar-refractivity contribution in [2.45, 2.75) is 45.2 Å². The van der Waals surface area contributed by atoms with Gasteiger partial charge in [-0.3, -0.25) is 9.69 Å². The fraction of sp³-hybridized carbons (Fsp3) is 0.750. The quantitative estimate of drug-likeness (QED) is 0.781. The van der Waals surface area contributed by atoms with E-state index in [-0.39, 0.29) is 23.9 Å². The summed E-state index contributed by atoms with van der Waals surface area (Å²) in [6.07, 6.45) is 2.30. The minimum atomic E-state index is -0.730. The normalized spacial score (nSPS) is 28.4. The van der Waals surface area contributed by atoms with E-state index in [1.54, 1.807) is 7.05 Å². The van der Waals surface area contributed by atoms with Crippen molar-refractivity contribution < 1.29 is 9.59 Å². The van der Waals surface area contributed by atoms with Gasteiger partial charge in [-0.2, -0.15) is 0 Å². The van der Waals surface area contributed by atoms with Crippen LogP contribution in [0.3, 0.4) is 0 Å². The number of rotatable bonds is 2. The van der Waals surface area contributed by atoms with E-state index in [2.05, 4.69) is 34.7 Å². The Morgan fingerprint density at radius 2 is 2.05 bits per heavy atom. The second-order valence-corrected chi connectivity index (χ2v) is 6.46. The van der Waals surface area contributed by atoms with Gasteiger partial charge in [0, 0.05) is 7.05 Å². The van der Waals surface area contributed by atoms with Gasteiger partial charge in [0.25, 0.3) is 5.91 Å². The first kappa shape index (κ1) is 13.0. The summed E-state index contributed by atoms with van der Waals surface area (Å²) in [5, 5.41) is 13.9. The van der Waals surface area contributed by atoms with Crippen molar-refractivity contribution in [1.82, 2.24) is 30.4 Å². The topological polar surface area (TPSA) is 93.0 Å². The monoisotopic (exact) mass is 278 g/mol. The molecule has 1 saturated carbocycles. The molecule has 108 valence electrons. The lowest BCUT2D eigenvalue weighted by Gasteiger charge is -2.23. The third-order valence-corrected chi connectivity index (χ3v) is 4.26. The molecule has 2 fully saturated rings. The van der Waals surface area contributed by atoms with E-state index in [9.17, 15) is 9.59 Å². The van der Waals surface area contributed by atoms with Gasteiger partial charge in [0.05, 0.1) is 6.54 Å². The Hall–Kier alpha value is -1.99. The van der Waals surface area contributed by atoms with Gasteiger partial charge in [-0.15, -0.1) is 5.10 Å². The van der Waals surface area contributed by atoms with Crippen molar-refractivity contribution in [1.29, 1.82) is 0 Å². The molecular weight excluding hydrogens is 260 g/mol. The van der Waals surface area contributed by atoms with Crippen LogP contribution in [0.5, 0.6) is 0 Å². The summed E-state index contributed by atoms with van der Waals surface area (Å²) in [5.41, 5.74) is -0.655. The average molecular weight is 278 g/mol. The van der Waals surface area contributed by atoms with Crippen molar-refractivity contribution in [2.24, 2.45) is 12.5 Å². The molecule has 1 aromatic heterocycles. The third-order valence-electron chi connectivity index (χ3n) is 4.26. The van der Waals surface area contributed by atoms with Crippen molar-refractivity contribution >= 4 is 11.9 Å². The van der Waals surface area contributed by atoms with E-state index in [1.165, 1.54) is 9.58 Å². The summed E-state index contributed by atoms with van der Waals surface area (Å²) in [5.74, 6) is 0.332. The Balaban J connectivity index is 1.83. The molecule has 8 heteroatoms. The Morgan fingerprint density at radius 1 is 1.30 bits per heavy atom. The Bertz CT molecular complexity index is 580. The molecule has 1 unspecified atom stereocenters. The number of amides is 3. The Kier molecular flexibility index (Phi) is 2.60. The average Bonchev–Trinajstić information content (AvgIpc) is 2.95. The highest BCUT2D eigenvalue weighted by atomic mass is 16.2. The zero-order valence-electron chi connectivity index (χ0n) is 11.9. The van der Waals surface area contributed by atoms with E-state index in [4.69, 9.17) is 0 Å². The van der Waals surface area contributed by atoms with Gasteiger partial charge < -0.3 is 5.32 Å². The van der Waals surface area contributed by atoms with Crippen LogP contribution in [-0.4, -0.2) is 42.6 Å². The molecule has 1 N–H and O–H groups in total. The second kappa shape index (κ2) is 4.00. The molecule has 2 heterocycles. The zero-order chi connectivity index (χ0) is 14.5. The van der Waals surface area contributed by atoms with E-state index < -0.39 is 5.54 Å². The van der Waals surface area contributed by atoms with Crippen LogP contribution in [0.4, 0.5) is 4.79 Å². The molecule has 1 atom stereocenters. The number of aromatic nitrogens is 4. The summed E-state index contributed by atoms with van der Waals surface area (Å²) in [7, 11) is 1.68. The van der Waals surface area contributed by atoms with Crippen LogP contribution in [0.25, 0.3) is 0 Å². The molecule has 3 rings (SSSR count). The maximum atomic E-state index is 12.6. The molecule has 2 aliphatic rings. The minimum Gasteiger partial charge on any atom is -0.323 e. The number of nitrogens with zero attached hydrogens (tertiary/aromatic N) is 5. The molecule has 8 nitrogen and oxygen atoms in total. The molecule has 0 aromatic carbocycles. The number of carbonyl (C=O) groups is 2. The number of nitrogens with one attached hydrogen (secondary N) is 1. The fourth-order valence-corrected chi connectivity index (χ4v) is 3.18. The number of aryl methyl sites for hydroxylation is 1. The van der Waals surface area contributed by atoms with E-state index in [1.807, 2.05) is 0 Å². The first-order valence-corrected chi connectivity index (χ1v) is 6.68. The summed E-state index contributed by atoms with van der Waals surface area (Å²) in [6.45, 7) is 4.35. The van der Waals surface area contributed by atoms with Gasteiger partial charge in [-0.1, -0.05) is 13.8 Å². The second-order valence-electron chi connectivity index (χ2n) is 6.46. The number of hydrogen-bond donors (Lipinski definition) is 1. The largest absolute Gasteiger partial charge is 0.325 e. The number of tetrazole rings is 1. The van der Waals surface area contributed by atoms with Crippen molar-refractivity contribution in [3.63, 3.8) is 0 Å². The highest BCUT2D eigenvalue weighted by molar-refractivity contribution is 6.07. The van der Waals surface area contributed by atoms with Crippen LogP contribution < -0.4 is 5.32 Å². The number of urea groups is 1. The van der Waals surface area contributed by atoms with Crippen LogP contribution in [-0.2, 0) is 18.4 Å². The van der Waals surface area contributed by atoms with E-state index in [0.717, 1.165) is 6.42 Å². The summed E-state index contributed by atoms with van der Waals surface area (Å²) < 4.78 is 1.46. The first-order valence-electron chi connectivity index (χ1n) is 6.68. The Labute approximate surface area is 116 Å². The molecular formula is C12H18N6O2. The number of imide groups is 1. The smallest absolute Gasteiger partial charge is 0.323 e. The minimum absolute atomic E-state index is 0.0747. The van der Waals surface area contributed by atoms with Crippen LogP contribution in [0.1, 0.15) is 38.9 Å². The van der Waals surface area contributed by atoms with Crippen LogP contribution in [0.15, 0.2) is 0 Å². The molecule has 1 spiro atoms. The van der Waals surface area contributed by atoms with Crippen LogP contribution in [0, 0.1) is 5.41 Å². The standard InChI is InChI=1S/C12H18N6O2/c1-11(2)4-5-12(7-11)9(19)18(10(20)13-12)6-8-14-15-16-17(8)3/h4-7H2,1-3H3,(H,13,20). The molecule has 1 aliphatic carbocycles. The lowest BCUT2D eigenvalue weighted by atomic mass is 9.87. The van der Waals surface area contributed by atoms with E-state index in [0.29, 0.717) is 18.7 Å². The highest BCUT2D eigenvalue weighted by Gasteiger charge is 2.56. The number of hydrogen-bond acceptors (Lipinski definition) is 5. The molecule has 3 amide bonds. The van der Waals surface area contributed by atoms with Crippen molar-refractivity contribution in [2.75, 3.05) is 0 Å². The van der Waals surface area contributed by atoms with Gasteiger partial charge in [-0.05, 0) is 35.1 Å². The van der Waals surface area contributed by atoms with Gasteiger partial charge >= 0.3 is 6.03 Å². The van der Waals surface area contributed by atoms with Crippen molar-refractivity contribution in [3.05, 3.63) is 5.82 Å². The maximum Gasteiger partial charge on any atom is 0.325 e. The first-order chi connectivity index (χ1) is 9.33. The zero-order valence-corrected chi connectivity index (χ0v) is 11.9. The van der Waals surface area contributed by atoms with Gasteiger partial charge in [0.1, 0.15) is 5.54 Å². The summed E-state index contributed by atoms with van der Waals surface area (Å²) in [6, 6.07) is -0.351. The third kappa shape index (κ3) is 1.86. The van der Waals surface area contributed by atoms with Gasteiger partial charge in [-0.25, -0.2) is 9.48 Å². The van der Waals surface area contributed by atoms with Crippen molar-refractivity contribution in [3.8, 4) is 0 Å². The fourth-order valence-electron chi connectivity index (χ4n) is 3.18. The molecule has 1 aliphatic heterocycles. The van der Waals surface area contributed by atoms with Gasteiger partial charge in [0.15, 0.2) is 5.82 Å². The van der Waals surface area contributed by atoms with Gasteiger partial charge in [0.2, 0.25) is 0 Å². The molecule has 20 heavy (non-hydrogen) atoms. The molecule has 0 radical (unpaired) electrons. The lowest BCUT2D eigenvalue weighted by molar-refractivity contribution is -0.131. The molecule has 1 saturated heterocycles. The molecule has 0 bridgehead atoms. The van der Waals surface area contributed by atoms with Crippen LogP contribution in [0.2, 0.25) is 0 Å². The SMILES string of the molecule is Cn1nnnc1CN1C(=O)NC2(CCC(C)(C)C2)C1=O. The van der Waals surface area contributed by atoms with E-state index >= 15 is 0 Å².